The van der Waals surface area contributed by atoms with E-state index in [9.17, 15) is 5.26 Å². The van der Waals surface area contributed by atoms with Gasteiger partial charge in [0.1, 0.15) is 11.6 Å². The van der Waals surface area contributed by atoms with E-state index in [1.54, 1.807) is 4.68 Å². The van der Waals surface area contributed by atoms with Gasteiger partial charge in [0, 0.05) is 27.4 Å². The average Bonchev–Trinajstić information content (AvgIpc) is 3.20. The summed E-state index contributed by atoms with van der Waals surface area (Å²) in [6.07, 6.45) is 0.666. The maximum absolute atomic E-state index is 9.87. The van der Waals surface area contributed by atoms with E-state index in [1.165, 1.54) is 0 Å². The Morgan fingerprint density at radius 3 is 2.36 bits per heavy atom. The van der Waals surface area contributed by atoms with Crippen LogP contribution in [0, 0.1) is 18.3 Å². The number of halogens is 1. The van der Waals surface area contributed by atoms with E-state index in [4.69, 9.17) is 12.2 Å². The molecule has 9 heteroatoms. The Morgan fingerprint density at radius 1 is 0.944 bits per heavy atom. The Morgan fingerprint density at radius 2 is 1.64 bits per heavy atom. The van der Waals surface area contributed by atoms with Gasteiger partial charge in [0.05, 0.1) is 11.4 Å². The van der Waals surface area contributed by atoms with Crippen LogP contribution in [0.1, 0.15) is 22.5 Å². The lowest BCUT2D eigenvalue weighted by atomic mass is 10.0. The van der Waals surface area contributed by atoms with Gasteiger partial charge in [-0.15, -0.1) is 10.2 Å². The smallest absolute Gasteiger partial charge is 0.183 e. The molecule has 0 bridgehead atoms. The van der Waals surface area contributed by atoms with Crippen LogP contribution in [0.5, 0.6) is 0 Å². The van der Waals surface area contributed by atoms with Gasteiger partial charge in [-0.25, -0.2) is 4.68 Å². The first-order valence-electron chi connectivity index (χ1n) is 11.2. The van der Waals surface area contributed by atoms with Crippen molar-refractivity contribution in [2.45, 2.75) is 13.3 Å². The quantitative estimate of drug-likeness (QED) is 0.252. The molecule has 5 aromatic rings. The van der Waals surface area contributed by atoms with Crippen molar-refractivity contribution in [2.75, 3.05) is 10.6 Å². The number of nitriles is 1. The molecule has 0 fully saturated rings. The highest BCUT2D eigenvalue weighted by Crippen LogP contribution is 2.27. The third-order valence-electron chi connectivity index (χ3n) is 5.72. The molecular formula is C27H20BrN7S. The molecule has 36 heavy (non-hydrogen) atoms. The number of anilines is 2. The topological polar surface area (TPSA) is 91.5 Å². The molecule has 2 N–H and O–H groups in total. The third kappa shape index (κ3) is 4.82. The van der Waals surface area contributed by atoms with Crippen molar-refractivity contribution in [1.82, 2.24) is 20.0 Å². The van der Waals surface area contributed by atoms with Crippen LogP contribution in [-0.2, 0) is 6.42 Å². The van der Waals surface area contributed by atoms with Crippen molar-refractivity contribution in [3.05, 3.63) is 106 Å². The number of hydrogen-bond donors (Lipinski definition) is 2. The van der Waals surface area contributed by atoms with Crippen LogP contribution in [0.2, 0.25) is 0 Å². The Kier molecular flexibility index (Phi) is 6.71. The minimum atomic E-state index is 0.327. The number of nitrogens with one attached hydrogen (secondary N) is 2. The summed E-state index contributed by atoms with van der Waals surface area (Å²) in [5.41, 5.74) is 3.88. The summed E-state index contributed by atoms with van der Waals surface area (Å²) in [7, 11) is 0. The zero-order valence-electron chi connectivity index (χ0n) is 19.2. The van der Waals surface area contributed by atoms with Gasteiger partial charge in [0.15, 0.2) is 16.7 Å². The molecule has 0 saturated carbocycles. The van der Waals surface area contributed by atoms with Gasteiger partial charge >= 0.3 is 0 Å². The van der Waals surface area contributed by atoms with Crippen molar-refractivity contribution in [1.29, 1.82) is 5.26 Å². The van der Waals surface area contributed by atoms with Crippen LogP contribution in [0.25, 0.3) is 16.6 Å². The van der Waals surface area contributed by atoms with E-state index in [0.29, 0.717) is 34.4 Å². The summed E-state index contributed by atoms with van der Waals surface area (Å²) in [4.78, 5) is 0. The summed E-state index contributed by atoms with van der Waals surface area (Å²) in [5, 5.41) is 32.0. The fraction of sp³-hybridized carbons (Fsp3) is 0.0741. The number of benzene rings is 3. The molecule has 2 heterocycles. The summed E-state index contributed by atoms with van der Waals surface area (Å²) in [6.45, 7) is 1.83. The number of nitrogens with zero attached hydrogens (tertiary/aromatic N) is 5. The Hall–Kier alpha value is -4.13. The van der Waals surface area contributed by atoms with Crippen molar-refractivity contribution in [2.24, 2.45) is 0 Å². The molecule has 0 aliphatic heterocycles. The minimum Gasteiger partial charge on any atom is -0.332 e. The minimum absolute atomic E-state index is 0.327. The van der Waals surface area contributed by atoms with Gasteiger partial charge in [0.25, 0.3) is 0 Å². The number of thiocarbonyl (C=S) groups is 1. The van der Waals surface area contributed by atoms with E-state index in [2.05, 4.69) is 60.1 Å². The Labute approximate surface area is 221 Å². The number of fused-ring (bicyclic) bond motifs is 1. The summed E-state index contributed by atoms with van der Waals surface area (Å²) >= 11 is 8.88. The van der Waals surface area contributed by atoms with Gasteiger partial charge in [-0.3, -0.25) is 0 Å². The van der Waals surface area contributed by atoms with Crippen LogP contribution in [-0.4, -0.2) is 25.1 Å². The van der Waals surface area contributed by atoms with E-state index in [1.807, 2.05) is 73.7 Å². The maximum atomic E-state index is 9.87. The van der Waals surface area contributed by atoms with Crippen molar-refractivity contribution < 1.29 is 0 Å². The van der Waals surface area contributed by atoms with Crippen LogP contribution in [0.4, 0.5) is 11.5 Å². The van der Waals surface area contributed by atoms with E-state index >= 15 is 0 Å². The average molecular weight is 554 g/mol. The second kappa shape index (κ2) is 10.2. The lowest BCUT2D eigenvalue weighted by Crippen LogP contribution is -2.20. The van der Waals surface area contributed by atoms with Crippen molar-refractivity contribution in [3.63, 3.8) is 0 Å². The Bertz CT molecular complexity index is 1610. The van der Waals surface area contributed by atoms with Gasteiger partial charge in [0.2, 0.25) is 0 Å². The third-order valence-corrected chi connectivity index (χ3v) is 6.45. The standard InChI is InChI=1S/C27H20BrN7S/c1-17-23(16-29)25(31-27(36)30-20-13-11-19(28)12-14-20)34-35(17)26-22-10-6-5-9-21(22)24(32-33-26)15-18-7-3-2-4-8-18/h2-14H,15H2,1H3,(H2,30,31,34,36). The normalized spacial score (nSPS) is 10.7. The van der Waals surface area contributed by atoms with Gasteiger partial charge < -0.3 is 10.6 Å². The first-order valence-corrected chi connectivity index (χ1v) is 12.4. The first kappa shape index (κ1) is 23.6. The fourth-order valence-corrected chi connectivity index (χ4v) is 4.43. The summed E-state index contributed by atoms with van der Waals surface area (Å²) in [5.74, 6) is 0.903. The summed E-state index contributed by atoms with van der Waals surface area (Å²) in [6, 6.07) is 28.0. The fourth-order valence-electron chi connectivity index (χ4n) is 3.95. The predicted octanol–water partition coefficient (Wildman–Crippen LogP) is 6.16. The zero-order valence-corrected chi connectivity index (χ0v) is 21.6. The molecule has 0 spiro atoms. The zero-order chi connectivity index (χ0) is 25.1. The Balaban J connectivity index is 1.49. The summed E-state index contributed by atoms with van der Waals surface area (Å²) < 4.78 is 2.61. The molecular weight excluding hydrogens is 534 g/mol. The molecule has 0 aliphatic rings. The molecule has 0 saturated heterocycles. The molecule has 0 atom stereocenters. The number of aromatic nitrogens is 4. The molecule has 176 valence electrons. The first-order chi connectivity index (χ1) is 17.5. The number of rotatable bonds is 5. The molecule has 3 aromatic carbocycles. The number of hydrogen-bond acceptors (Lipinski definition) is 5. The van der Waals surface area contributed by atoms with E-state index in [-0.39, 0.29) is 0 Å². The second-order valence-electron chi connectivity index (χ2n) is 8.10. The van der Waals surface area contributed by atoms with E-state index < -0.39 is 0 Å². The molecule has 7 nitrogen and oxygen atoms in total. The molecule has 0 radical (unpaired) electrons. The highest BCUT2D eigenvalue weighted by molar-refractivity contribution is 9.10. The van der Waals surface area contributed by atoms with Gasteiger partial charge in [-0.05, 0) is 49.0 Å². The molecule has 5 rings (SSSR count). The second-order valence-corrected chi connectivity index (χ2v) is 9.42. The molecule has 0 amide bonds. The lowest BCUT2D eigenvalue weighted by Gasteiger charge is -2.11. The van der Waals surface area contributed by atoms with Crippen LogP contribution < -0.4 is 10.6 Å². The van der Waals surface area contributed by atoms with E-state index in [0.717, 1.165) is 32.2 Å². The van der Waals surface area contributed by atoms with Gasteiger partial charge in [-0.2, -0.15) is 10.4 Å². The van der Waals surface area contributed by atoms with Crippen LogP contribution in [0.15, 0.2) is 83.3 Å². The van der Waals surface area contributed by atoms with Crippen LogP contribution in [0.3, 0.4) is 0 Å². The molecule has 0 aliphatic carbocycles. The highest BCUT2D eigenvalue weighted by Gasteiger charge is 2.20. The lowest BCUT2D eigenvalue weighted by molar-refractivity contribution is 0.794. The monoisotopic (exact) mass is 553 g/mol. The van der Waals surface area contributed by atoms with Crippen molar-refractivity contribution in [3.8, 4) is 11.9 Å². The maximum Gasteiger partial charge on any atom is 0.183 e. The molecule has 2 aromatic heterocycles. The van der Waals surface area contributed by atoms with Gasteiger partial charge in [-0.1, -0.05) is 70.5 Å². The van der Waals surface area contributed by atoms with Crippen molar-refractivity contribution >= 4 is 55.5 Å². The largest absolute Gasteiger partial charge is 0.332 e. The SMILES string of the molecule is Cc1c(C#N)c(NC(=S)Nc2ccc(Br)cc2)nn1-c1nnc(Cc2ccccc2)c2ccccc12. The predicted molar refractivity (Wildman–Crippen MR) is 149 cm³/mol. The van der Waals surface area contributed by atoms with Crippen LogP contribution >= 0.6 is 28.1 Å². The highest BCUT2D eigenvalue weighted by atomic mass is 79.9. The molecule has 0 unspecified atom stereocenters.